The van der Waals surface area contributed by atoms with Crippen molar-refractivity contribution in [1.29, 1.82) is 0 Å². The molecule has 0 N–H and O–H groups in total. The SMILES string of the molecule is Cc1nn(C(C)c2ccc(Cl)cc2)c(OC(=O)n2cccn2)c1-c1ccc(Cl)cc1. The summed E-state index contributed by atoms with van der Waals surface area (Å²) in [5, 5.41) is 9.91. The van der Waals surface area contributed by atoms with E-state index in [2.05, 4.69) is 10.2 Å². The molecular formula is C22H18Cl2N4O2. The van der Waals surface area contributed by atoms with E-state index < -0.39 is 6.09 Å². The van der Waals surface area contributed by atoms with Crippen LogP contribution in [0.25, 0.3) is 11.1 Å². The lowest BCUT2D eigenvalue weighted by Crippen LogP contribution is -2.20. The molecule has 152 valence electrons. The highest BCUT2D eigenvalue weighted by atomic mass is 35.5. The molecule has 4 rings (SSSR count). The smallest absolute Gasteiger partial charge is 0.389 e. The Morgan fingerprint density at radius 3 is 2.27 bits per heavy atom. The maximum absolute atomic E-state index is 12.7. The summed E-state index contributed by atoms with van der Waals surface area (Å²) in [6, 6.07) is 16.2. The first kappa shape index (κ1) is 20.2. The Bertz CT molecular complexity index is 1170. The van der Waals surface area contributed by atoms with Crippen LogP contribution in [0, 0.1) is 6.92 Å². The van der Waals surface area contributed by atoms with Gasteiger partial charge in [-0.25, -0.2) is 9.48 Å². The highest BCUT2D eigenvalue weighted by Gasteiger charge is 2.25. The third kappa shape index (κ3) is 3.97. The molecule has 0 aliphatic heterocycles. The molecule has 30 heavy (non-hydrogen) atoms. The zero-order valence-electron chi connectivity index (χ0n) is 16.3. The van der Waals surface area contributed by atoms with E-state index in [0.29, 0.717) is 21.5 Å². The standard InChI is InChI=1S/C22H18Cl2N4O2/c1-14-20(17-6-10-19(24)11-7-17)21(30-22(29)27-13-3-12-25-27)28(26-14)15(2)16-4-8-18(23)9-5-16/h3-13,15H,1-2H3. The van der Waals surface area contributed by atoms with Crippen molar-refractivity contribution in [3.63, 3.8) is 0 Å². The maximum Gasteiger partial charge on any atom is 0.441 e. The number of aryl methyl sites for hydroxylation is 1. The molecular weight excluding hydrogens is 423 g/mol. The molecule has 0 bridgehead atoms. The predicted octanol–water partition coefficient (Wildman–Crippen LogP) is 6.02. The quantitative estimate of drug-likeness (QED) is 0.389. The van der Waals surface area contributed by atoms with Gasteiger partial charge < -0.3 is 4.74 Å². The van der Waals surface area contributed by atoms with Crippen LogP contribution in [0.3, 0.4) is 0 Å². The molecule has 0 saturated carbocycles. The summed E-state index contributed by atoms with van der Waals surface area (Å²) < 4.78 is 8.62. The Morgan fingerprint density at radius 2 is 1.67 bits per heavy atom. The van der Waals surface area contributed by atoms with Gasteiger partial charge >= 0.3 is 6.09 Å². The molecule has 4 aromatic rings. The van der Waals surface area contributed by atoms with E-state index in [0.717, 1.165) is 21.5 Å². The zero-order valence-corrected chi connectivity index (χ0v) is 17.8. The van der Waals surface area contributed by atoms with Crippen LogP contribution in [-0.2, 0) is 0 Å². The van der Waals surface area contributed by atoms with Crippen molar-refractivity contribution in [3.05, 3.63) is 88.3 Å². The van der Waals surface area contributed by atoms with E-state index in [4.69, 9.17) is 27.9 Å². The van der Waals surface area contributed by atoms with Crippen LogP contribution in [-0.4, -0.2) is 25.7 Å². The van der Waals surface area contributed by atoms with Crippen LogP contribution >= 0.6 is 23.2 Å². The Balaban J connectivity index is 1.82. The lowest BCUT2D eigenvalue weighted by molar-refractivity contribution is 0.193. The molecule has 0 saturated heterocycles. The largest absolute Gasteiger partial charge is 0.441 e. The van der Waals surface area contributed by atoms with E-state index >= 15 is 0 Å². The lowest BCUT2D eigenvalue weighted by atomic mass is 10.1. The van der Waals surface area contributed by atoms with Crippen LogP contribution in [0.15, 0.2) is 67.0 Å². The number of hydrogen-bond acceptors (Lipinski definition) is 4. The third-order valence-corrected chi connectivity index (χ3v) is 5.27. The van der Waals surface area contributed by atoms with Crippen molar-refractivity contribution in [2.75, 3.05) is 0 Å². The van der Waals surface area contributed by atoms with Gasteiger partial charge in [-0.15, -0.1) is 0 Å². The van der Waals surface area contributed by atoms with Crippen molar-refractivity contribution >= 4 is 29.3 Å². The topological polar surface area (TPSA) is 61.9 Å². The molecule has 8 heteroatoms. The highest BCUT2D eigenvalue weighted by molar-refractivity contribution is 6.30. The van der Waals surface area contributed by atoms with Crippen LogP contribution in [0.5, 0.6) is 5.88 Å². The maximum atomic E-state index is 12.7. The van der Waals surface area contributed by atoms with E-state index in [1.54, 1.807) is 22.9 Å². The van der Waals surface area contributed by atoms with E-state index in [-0.39, 0.29) is 6.04 Å². The molecule has 0 spiro atoms. The molecule has 2 aromatic carbocycles. The molecule has 0 amide bonds. The Kier molecular flexibility index (Phi) is 5.61. The number of rotatable bonds is 4. The predicted molar refractivity (Wildman–Crippen MR) is 116 cm³/mol. The zero-order chi connectivity index (χ0) is 21.3. The van der Waals surface area contributed by atoms with Crippen LogP contribution in [0.2, 0.25) is 10.0 Å². The molecule has 0 aliphatic carbocycles. The van der Waals surface area contributed by atoms with Crippen molar-refractivity contribution in [3.8, 4) is 17.0 Å². The number of aromatic nitrogens is 4. The second kappa shape index (κ2) is 8.34. The first-order valence-electron chi connectivity index (χ1n) is 9.26. The Morgan fingerprint density at radius 1 is 1.03 bits per heavy atom. The number of halogens is 2. The molecule has 0 fully saturated rings. The van der Waals surface area contributed by atoms with E-state index in [1.807, 2.05) is 50.2 Å². The molecule has 0 radical (unpaired) electrons. The summed E-state index contributed by atoms with van der Waals surface area (Å²) in [4.78, 5) is 12.7. The summed E-state index contributed by atoms with van der Waals surface area (Å²) in [5.41, 5.74) is 3.25. The van der Waals surface area contributed by atoms with Crippen molar-refractivity contribution in [2.24, 2.45) is 0 Å². The number of benzene rings is 2. The highest BCUT2D eigenvalue weighted by Crippen LogP contribution is 2.37. The first-order valence-corrected chi connectivity index (χ1v) is 10.0. The van der Waals surface area contributed by atoms with Crippen LogP contribution < -0.4 is 4.74 Å². The van der Waals surface area contributed by atoms with Gasteiger partial charge in [-0.2, -0.15) is 14.9 Å². The summed E-state index contributed by atoms with van der Waals surface area (Å²) in [6.07, 6.45) is 2.42. The van der Waals surface area contributed by atoms with E-state index in [1.165, 1.54) is 12.4 Å². The van der Waals surface area contributed by atoms with Crippen molar-refractivity contribution in [1.82, 2.24) is 19.6 Å². The summed E-state index contributed by atoms with van der Waals surface area (Å²) in [5.74, 6) is 0.331. The first-order chi connectivity index (χ1) is 14.4. The molecule has 0 aliphatic rings. The monoisotopic (exact) mass is 440 g/mol. The number of carbonyl (C=O) groups excluding carboxylic acids is 1. The van der Waals surface area contributed by atoms with Gasteiger partial charge in [0.15, 0.2) is 0 Å². The fourth-order valence-corrected chi connectivity index (χ4v) is 3.48. The van der Waals surface area contributed by atoms with Crippen LogP contribution in [0.4, 0.5) is 4.79 Å². The van der Waals surface area contributed by atoms with Gasteiger partial charge in [-0.1, -0.05) is 47.5 Å². The van der Waals surface area contributed by atoms with Crippen molar-refractivity contribution < 1.29 is 9.53 Å². The van der Waals surface area contributed by atoms with Gasteiger partial charge in [0.2, 0.25) is 5.88 Å². The molecule has 2 aromatic heterocycles. The fraction of sp³-hybridized carbons (Fsp3) is 0.136. The second-order valence-electron chi connectivity index (χ2n) is 6.76. The minimum Gasteiger partial charge on any atom is -0.389 e. The number of nitrogens with zero attached hydrogens (tertiary/aromatic N) is 4. The Hall–Kier alpha value is -3.09. The average Bonchev–Trinajstić information content (AvgIpc) is 3.38. The molecule has 6 nitrogen and oxygen atoms in total. The minimum atomic E-state index is -0.625. The minimum absolute atomic E-state index is 0.206. The lowest BCUT2D eigenvalue weighted by Gasteiger charge is -2.17. The summed E-state index contributed by atoms with van der Waals surface area (Å²) in [6.45, 7) is 3.85. The average molecular weight is 441 g/mol. The van der Waals surface area contributed by atoms with Gasteiger partial charge in [0.25, 0.3) is 0 Å². The van der Waals surface area contributed by atoms with E-state index in [9.17, 15) is 4.79 Å². The summed E-state index contributed by atoms with van der Waals surface area (Å²) in [7, 11) is 0. The van der Waals surface area contributed by atoms with Gasteiger partial charge in [-0.05, 0) is 55.3 Å². The summed E-state index contributed by atoms with van der Waals surface area (Å²) >= 11 is 12.1. The second-order valence-corrected chi connectivity index (χ2v) is 7.64. The van der Waals surface area contributed by atoms with Crippen LogP contribution in [0.1, 0.15) is 24.2 Å². The number of carbonyl (C=O) groups is 1. The molecule has 1 atom stereocenters. The number of hydrogen-bond donors (Lipinski definition) is 0. The van der Waals surface area contributed by atoms with Gasteiger partial charge in [-0.3, -0.25) is 0 Å². The molecule has 1 unspecified atom stereocenters. The Labute approximate surface area is 183 Å². The third-order valence-electron chi connectivity index (χ3n) is 4.77. The number of ether oxygens (including phenoxy) is 1. The van der Waals surface area contributed by atoms with Gasteiger partial charge in [0, 0.05) is 22.4 Å². The van der Waals surface area contributed by atoms with Gasteiger partial charge in [0.05, 0.1) is 17.3 Å². The van der Waals surface area contributed by atoms with Gasteiger partial charge in [0.1, 0.15) is 0 Å². The normalized spacial score (nSPS) is 12.0. The fourth-order valence-electron chi connectivity index (χ4n) is 3.22. The van der Waals surface area contributed by atoms with Crippen molar-refractivity contribution in [2.45, 2.75) is 19.9 Å². The molecule has 2 heterocycles.